The van der Waals surface area contributed by atoms with Gasteiger partial charge in [0.05, 0.1) is 0 Å². The van der Waals surface area contributed by atoms with Crippen LogP contribution >= 0.6 is 23.2 Å². The third-order valence-corrected chi connectivity index (χ3v) is 4.78. The van der Waals surface area contributed by atoms with Crippen molar-refractivity contribution >= 4 is 35.1 Å². The second kappa shape index (κ2) is 9.13. The van der Waals surface area contributed by atoms with Gasteiger partial charge in [0.25, 0.3) is 5.91 Å². The van der Waals surface area contributed by atoms with Gasteiger partial charge in [-0.05, 0) is 62.7 Å². The summed E-state index contributed by atoms with van der Waals surface area (Å²) in [4.78, 5) is 17.3. The lowest BCUT2D eigenvalue weighted by Gasteiger charge is -2.24. The number of benzene rings is 2. The summed E-state index contributed by atoms with van der Waals surface area (Å²) in [7, 11) is 0. The number of hydrogen-bond acceptors (Lipinski definition) is 4. The van der Waals surface area contributed by atoms with E-state index in [0.717, 1.165) is 12.0 Å². The minimum absolute atomic E-state index is 0.101. The van der Waals surface area contributed by atoms with E-state index in [2.05, 4.69) is 26.5 Å². The van der Waals surface area contributed by atoms with Gasteiger partial charge in [-0.25, -0.2) is 15.8 Å². The summed E-state index contributed by atoms with van der Waals surface area (Å²) in [5.41, 5.74) is 7.78. The maximum atomic E-state index is 12.6. The molecule has 1 saturated heterocycles. The lowest BCUT2D eigenvalue weighted by molar-refractivity contribution is 0.0975. The van der Waals surface area contributed by atoms with E-state index in [1.54, 1.807) is 24.3 Å². The van der Waals surface area contributed by atoms with Gasteiger partial charge >= 0.3 is 0 Å². The number of hydrazine groups is 1. The summed E-state index contributed by atoms with van der Waals surface area (Å²) in [5.74, 6) is 0.158. The molecule has 0 saturated carbocycles. The minimum Gasteiger partial charge on any atom is -0.351 e. The summed E-state index contributed by atoms with van der Waals surface area (Å²) >= 11 is 11.9. The van der Waals surface area contributed by atoms with Crippen molar-refractivity contribution in [2.75, 3.05) is 0 Å². The van der Waals surface area contributed by atoms with Crippen LogP contribution < -0.4 is 21.5 Å². The fourth-order valence-electron chi connectivity index (χ4n) is 2.93. The van der Waals surface area contributed by atoms with Crippen molar-refractivity contribution < 1.29 is 4.79 Å². The Morgan fingerprint density at radius 2 is 1.59 bits per heavy atom. The first-order valence-corrected chi connectivity index (χ1v) is 10.1. The molecule has 1 aliphatic heterocycles. The molecule has 0 radical (unpaired) electrons. The van der Waals surface area contributed by atoms with Crippen molar-refractivity contribution in [3.8, 4) is 0 Å². The van der Waals surface area contributed by atoms with Crippen LogP contribution in [0.5, 0.6) is 0 Å². The Morgan fingerprint density at radius 3 is 2.17 bits per heavy atom. The monoisotopic (exact) mass is 433 g/mol. The molecule has 2 aromatic carbocycles. The molecule has 0 aliphatic carbocycles. The lowest BCUT2D eigenvalue weighted by Crippen LogP contribution is -2.50. The van der Waals surface area contributed by atoms with Gasteiger partial charge in [0, 0.05) is 33.6 Å². The lowest BCUT2D eigenvalue weighted by atomic mass is 10.0. The number of carbonyl (C=O) groups is 1. The minimum atomic E-state index is -0.270. The zero-order chi connectivity index (χ0) is 21.0. The zero-order valence-electron chi connectivity index (χ0n) is 16.6. The van der Waals surface area contributed by atoms with Gasteiger partial charge in [-0.2, -0.15) is 0 Å². The second-order valence-electron chi connectivity index (χ2n) is 7.96. The number of nitrogens with zero attached hydrogens (tertiary/aromatic N) is 1. The van der Waals surface area contributed by atoms with Crippen molar-refractivity contribution in [1.82, 2.24) is 21.5 Å². The molecule has 1 amide bonds. The number of hydrogen-bond donors (Lipinski definition) is 4. The van der Waals surface area contributed by atoms with Gasteiger partial charge < -0.3 is 5.32 Å². The predicted octanol–water partition coefficient (Wildman–Crippen LogP) is 4.03. The first kappa shape index (κ1) is 21.6. The van der Waals surface area contributed by atoms with Crippen molar-refractivity contribution in [3.63, 3.8) is 0 Å². The average Bonchev–Trinajstić information content (AvgIpc) is 3.09. The fourth-order valence-corrected chi connectivity index (χ4v) is 3.18. The molecular weight excluding hydrogens is 409 g/mol. The number of amides is 1. The van der Waals surface area contributed by atoms with E-state index in [9.17, 15) is 4.79 Å². The summed E-state index contributed by atoms with van der Waals surface area (Å²) in [6, 6.07) is 14.5. The van der Waals surface area contributed by atoms with Gasteiger partial charge in [-0.15, -0.1) is 0 Å². The quantitative estimate of drug-likeness (QED) is 0.435. The molecule has 2 atom stereocenters. The van der Waals surface area contributed by atoms with E-state index >= 15 is 0 Å². The molecule has 3 rings (SSSR count). The zero-order valence-corrected chi connectivity index (χ0v) is 18.1. The highest BCUT2D eigenvalue weighted by Crippen LogP contribution is 2.24. The summed E-state index contributed by atoms with van der Waals surface area (Å²) in [5, 5.41) is 7.42. The highest BCUT2D eigenvalue weighted by Gasteiger charge is 2.26. The van der Waals surface area contributed by atoms with E-state index in [-0.39, 0.29) is 23.7 Å². The van der Waals surface area contributed by atoms with Crippen LogP contribution in [0.2, 0.25) is 10.0 Å². The number of halogens is 2. The molecule has 0 aromatic heterocycles. The number of guanidine groups is 1. The SMILES string of the molecule is CC(C)(C)NC(=NC1CC(c2ccc(Cl)cc2)NN1)NC(=O)c1ccc(Cl)cc1. The summed E-state index contributed by atoms with van der Waals surface area (Å²) in [6.07, 6.45) is 0.527. The van der Waals surface area contributed by atoms with Crippen LogP contribution in [-0.4, -0.2) is 23.6 Å². The molecule has 0 spiro atoms. The van der Waals surface area contributed by atoms with E-state index in [1.165, 1.54) is 0 Å². The largest absolute Gasteiger partial charge is 0.351 e. The van der Waals surface area contributed by atoms with Gasteiger partial charge in [0.1, 0.15) is 6.17 Å². The standard InChI is InChI=1S/C21H25Cl2N5O/c1-21(2,3)26-20(25-19(29)14-6-10-16(23)11-7-14)24-18-12-17(27-28-18)13-4-8-15(22)9-5-13/h4-11,17-18,27-28H,12H2,1-3H3,(H2,24,25,26,29). The van der Waals surface area contributed by atoms with Gasteiger partial charge in [0.15, 0.2) is 5.96 Å². The van der Waals surface area contributed by atoms with Crippen LogP contribution in [-0.2, 0) is 0 Å². The molecular formula is C21H25Cl2N5O. The summed E-state index contributed by atoms with van der Waals surface area (Å²) in [6.45, 7) is 6.02. The van der Waals surface area contributed by atoms with E-state index in [4.69, 9.17) is 23.2 Å². The van der Waals surface area contributed by atoms with Crippen LogP contribution in [0, 0.1) is 0 Å². The number of rotatable bonds is 3. The van der Waals surface area contributed by atoms with Crippen molar-refractivity contribution in [2.24, 2.45) is 4.99 Å². The van der Waals surface area contributed by atoms with Crippen molar-refractivity contribution in [3.05, 3.63) is 69.7 Å². The third kappa shape index (κ3) is 6.44. The predicted molar refractivity (Wildman–Crippen MR) is 118 cm³/mol. The normalized spacial score (nSPS) is 19.8. The van der Waals surface area contributed by atoms with Gasteiger partial charge in [0.2, 0.25) is 0 Å². The average molecular weight is 434 g/mol. The Balaban J connectivity index is 1.72. The molecule has 29 heavy (non-hydrogen) atoms. The van der Waals surface area contributed by atoms with E-state index in [0.29, 0.717) is 21.6 Å². The smallest absolute Gasteiger partial charge is 0.257 e. The Kier molecular flexibility index (Phi) is 6.80. The van der Waals surface area contributed by atoms with Crippen LogP contribution in [0.4, 0.5) is 0 Å². The Bertz CT molecular complexity index is 875. The van der Waals surface area contributed by atoms with Gasteiger partial charge in [-0.3, -0.25) is 10.1 Å². The van der Waals surface area contributed by atoms with Crippen LogP contribution in [0.1, 0.15) is 49.2 Å². The first-order valence-electron chi connectivity index (χ1n) is 9.39. The Morgan fingerprint density at radius 1 is 1.00 bits per heavy atom. The topological polar surface area (TPSA) is 77.6 Å². The highest BCUT2D eigenvalue weighted by molar-refractivity contribution is 6.30. The number of nitrogens with one attached hydrogen (secondary N) is 4. The Hall–Kier alpha value is -2.12. The highest BCUT2D eigenvalue weighted by atomic mass is 35.5. The number of aliphatic imine (C=N–C) groups is 1. The maximum absolute atomic E-state index is 12.6. The van der Waals surface area contributed by atoms with E-state index in [1.807, 2.05) is 45.0 Å². The molecule has 8 heteroatoms. The molecule has 154 valence electrons. The first-order chi connectivity index (χ1) is 13.7. The molecule has 1 fully saturated rings. The molecule has 0 bridgehead atoms. The van der Waals surface area contributed by atoms with Crippen LogP contribution in [0.25, 0.3) is 0 Å². The molecule has 6 nitrogen and oxygen atoms in total. The molecule has 2 aromatic rings. The second-order valence-corrected chi connectivity index (χ2v) is 8.83. The van der Waals surface area contributed by atoms with Crippen LogP contribution in [0.3, 0.4) is 0 Å². The molecule has 1 aliphatic rings. The summed E-state index contributed by atoms with van der Waals surface area (Å²) < 4.78 is 0. The molecule has 1 heterocycles. The van der Waals surface area contributed by atoms with Gasteiger partial charge in [-0.1, -0.05) is 35.3 Å². The number of carbonyl (C=O) groups excluding carboxylic acids is 1. The fraction of sp³-hybridized carbons (Fsp3) is 0.333. The van der Waals surface area contributed by atoms with Crippen LogP contribution in [0.15, 0.2) is 53.5 Å². The third-order valence-electron chi connectivity index (χ3n) is 4.27. The molecule has 4 N–H and O–H groups in total. The molecule has 2 unspecified atom stereocenters. The maximum Gasteiger partial charge on any atom is 0.257 e. The Labute approximate surface area is 181 Å². The van der Waals surface area contributed by atoms with Crippen molar-refractivity contribution in [2.45, 2.75) is 44.9 Å². The van der Waals surface area contributed by atoms with E-state index < -0.39 is 0 Å². The van der Waals surface area contributed by atoms with Crippen molar-refractivity contribution in [1.29, 1.82) is 0 Å².